The zero-order valence-electron chi connectivity index (χ0n) is 10.0. The van der Waals surface area contributed by atoms with Crippen molar-refractivity contribution in [1.29, 1.82) is 5.26 Å². The van der Waals surface area contributed by atoms with Gasteiger partial charge in [-0.2, -0.15) is 15.6 Å². The van der Waals surface area contributed by atoms with E-state index >= 15 is 0 Å². The fourth-order valence-corrected chi connectivity index (χ4v) is 1.59. The van der Waals surface area contributed by atoms with E-state index in [1.807, 2.05) is 6.07 Å². The zero-order chi connectivity index (χ0) is 13.8. The molecule has 0 spiro atoms. The number of phenols is 1. The molecule has 1 aromatic heterocycles. The quantitative estimate of drug-likeness (QED) is 0.800. The number of nitriles is 1. The molecule has 0 aliphatic carbocycles. The first-order valence-corrected chi connectivity index (χ1v) is 5.49. The van der Waals surface area contributed by atoms with Crippen LogP contribution in [0.15, 0.2) is 18.2 Å². The van der Waals surface area contributed by atoms with Gasteiger partial charge in [0, 0.05) is 5.56 Å². The predicted molar refractivity (Wildman–Crippen MR) is 64.2 cm³/mol. The van der Waals surface area contributed by atoms with Gasteiger partial charge < -0.3 is 9.84 Å². The fraction of sp³-hybridized carbons (Fsp3) is 0.167. The lowest BCUT2D eigenvalue weighted by molar-refractivity contribution is 0.0520. The molecule has 2 N–H and O–H groups in total. The molecular weight excluding hydrogens is 248 g/mol. The van der Waals surface area contributed by atoms with Crippen LogP contribution in [0.4, 0.5) is 0 Å². The molecule has 0 aliphatic rings. The van der Waals surface area contributed by atoms with Crippen molar-refractivity contribution >= 4 is 5.97 Å². The molecule has 19 heavy (non-hydrogen) atoms. The second kappa shape index (κ2) is 5.18. The SMILES string of the molecule is CCOC(=O)c1n[nH]nc1-c1cccc(C#N)c1O. The number of rotatable bonds is 3. The molecule has 1 aromatic carbocycles. The molecule has 0 unspecified atom stereocenters. The van der Waals surface area contributed by atoms with Crippen molar-refractivity contribution in [1.82, 2.24) is 15.4 Å². The van der Waals surface area contributed by atoms with E-state index in [1.54, 1.807) is 13.0 Å². The van der Waals surface area contributed by atoms with Gasteiger partial charge in [-0.15, -0.1) is 5.10 Å². The first-order chi connectivity index (χ1) is 9.19. The smallest absolute Gasteiger partial charge is 0.361 e. The van der Waals surface area contributed by atoms with Crippen LogP contribution in [-0.4, -0.2) is 33.1 Å². The molecule has 7 heteroatoms. The Bertz CT molecular complexity index is 657. The van der Waals surface area contributed by atoms with E-state index in [-0.39, 0.29) is 34.9 Å². The summed E-state index contributed by atoms with van der Waals surface area (Å²) in [5, 5.41) is 28.6. The molecule has 7 nitrogen and oxygen atoms in total. The summed E-state index contributed by atoms with van der Waals surface area (Å²) in [6, 6.07) is 6.43. The topological polar surface area (TPSA) is 112 Å². The number of H-pyrrole nitrogens is 1. The number of phenolic OH excluding ortho intramolecular Hbond substituents is 1. The average molecular weight is 258 g/mol. The van der Waals surface area contributed by atoms with Gasteiger partial charge in [0.2, 0.25) is 0 Å². The van der Waals surface area contributed by atoms with E-state index in [0.717, 1.165) is 0 Å². The van der Waals surface area contributed by atoms with Crippen LogP contribution >= 0.6 is 0 Å². The lowest BCUT2D eigenvalue weighted by Gasteiger charge is -2.04. The molecule has 1 heterocycles. The van der Waals surface area contributed by atoms with Gasteiger partial charge in [-0.1, -0.05) is 6.07 Å². The summed E-state index contributed by atoms with van der Waals surface area (Å²) in [6.07, 6.45) is 0. The number of para-hydroxylation sites is 1. The summed E-state index contributed by atoms with van der Waals surface area (Å²) in [7, 11) is 0. The number of carbonyl (C=O) groups excluding carboxylic acids is 1. The number of carbonyl (C=O) groups is 1. The second-order valence-corrected chi connectivity index (χ2v) is 3.55. The normalized spacial score (nSPS) is 9.89. The van der Waals surface area contributed by atoms with Gasteiger partial charge >= 0.3 is 5.97 Å². The number of aromatic hydroxyl groups is 1. The van der Waals surface area contributed by atoms with Crippen LogP contribution in [0.1, 0.15) is 23.0 Å². The summed E-state index contributed by atoms with van der Waals surface area (Å²) >= 11 is 0. The number of benzene rings is 1. The molecule has 2 rings (SSSR count). The van der Waals surface area contributed by atoms with Crippen LogP contribution in [0.25, 0.3) is 11.3 Å². The van der Waals surface area contributed by atoms with Gasteiger partial charge in [0.15, 0.2) is 5.69 Å². The number of aromatic nitrogens is 3. The van der Waals surface area contributed by atoms with E-state index in [4.69, 9.17) is 10.00 Å². The van der Waals surface area contributed by atoms with Crippen molar-refractivity contribution in [2.24, 2.45) is 0 Å². The second-order valence-electron chi connectivity index (χ2n) is 3.55. The number of nitrogens with zero attached hydrogens (tertiary/aromatic N) is 3. The van der Waals surface area contributed by atoms with Crippen molar-refractivity contribution in [2.75, 3.05) is 6.61 Å². The van der Waals surface area contributed by atoms with Crippen molar-refractivity contribution in [2.45, 2.75) is 6.92 Å². The van der Waals surface area contributed by atoms with Crippen LogP contribution in [0.3, 0.4) is 0 Å². The Morgan fingerprint density at radius 3 is 3.00 bits per heavy atom. The van der Waals surface area contributed by atoms with Gasteiger partial charge in [-0.3, -0.25) is 0 Å². The maximum absolute atomic E-state index is 11.7. The first kappa shape index (κ1) is 12.6. The van der Waals surface area contributed by atoms with Crippen molar-refractivity contribution in [3.8, 4) is 23.1 Å². The summed E-state index contributed by atoms with van der Waals surface area (Å²) in [5.74, 6) is -0.891. The Labute approximate surface area is 108 Å². The molecular formula is C12H10N4O3. The fourth-order valence-electron chi connectivity index (χ4n) is 1.59. The summed E-state index contributed by atoms with van der Waals surface area (Å²) in [6.45, 7) is 1.88. The van der Waals surface area contributed by atoms with Gasteiger partial charge in [-0.25, -0.2) is 4.79 Å². The lowest BCUT2D eigenvalue weighted by atomic mass is 10.1. The Morgan fingerprint density at radius 2 is 2.32 bits per heavy atom. The Kier molecular flexibility index (Phi) is 3.43. The molecule has 0 amide bonds. The number of esters is 1. The minimum absolute atomic E-state index is 0.0350. The van der Waals surface area contributed by atoms with Gasteiger partial charge in [-0.05, 0) is 19.1 Å². The molecule has 96 valence electrons. The number of aromatic amines is 1. The Hall–Kier alpha value is -2.88. The number of ether oxygens (including phenoxy) is 1. The van der Waals surface area contributed by atoms with Crippen molar-refractivity contribution in [3.05, 3.63) is 29.5 Å². The molecule has 2 aromatic rings. The van der Waals surface area contributed by atoms with Crippen molar-refractivity contribution < 1.29 is 14.6 Å². The van der Waals surface area contributed by atoms with Gasteiger partial charge in [0.1, 0.15) is 17.5 Å². The summed E-state index contributed by atoms with van der Waals surface area (Å²) in [4.78, 5) is 11.7. The maximum Gasteiger partial charge on any atom is 0.361 e. The molecule has 0 aliphatic heterocycles. The predicted octanol–water partition coefficient (Wildman–Crippen LogP) is 1.23. The number of hydrogen-bond acceptors (Lipinski definition) is 6. The molecule has 0 saturated heterocycles. The Balaban J connectivity index is 2.52. The zero-order valence-corrected chi connectivity index (χ0v) is 10.0. The van der Waals surface area contributed by atoms with E-state index in [1.165, 1.54) is 12.1 Å². The average Bonchev–Trinajstić information content (AvgIpc) is 2.88. The number of hydrogen-bond donors (Lipinski definition) is 2. The summed E-state index contributed by atoms with van der Waals surface area (Å²) in [5.41, 5.74) is 0.450. The molecule has 0 atom stereocenters. The monoisotopic (exact) mass is 258 g/mol. The highest BCUT2D eigenvalue weighted by Crippen LogP contribution is 2.31. The minimum Gasteiger partial charge on any atom is -0.506 e. The minimum atomic E-state index is -0.645. The first-order valence-electron chi connectivity index (χ1n) is 5.49. The molecule has 0 fully saturated rings. The van der Waals surface area contributed by atoms with E-state index in [2.05, 4.69) is 15.4 Å². The van der Waals surface area contributed by atoms with Crippen LogP contribution in [0.2, 0.25) is 0 Å². The van der Waals surface area contributed by atoms with Crippen molar-refractivity contribution in [3.63, 3.8) is 0 Å². The van der Waals surface area contributed by atoms with E-state index in [9.17, 15) is 9.90 Å². The van der Waals surface area contributed by atoms with E-state index < -0.39 is 5.97 Å². The van der Waals surface area contributed by atoms with Crippen LogP contribution < -0.4 is 0 Å². The lowest BCUT2D eigenvalue weighted by Crippen LogP contribution is -2.06. The maximum atomic E-state index is 11.7. The van der Waals surface area contributed by atoms with Crippen LogP contribution in [0.5, 0.6) is 5.75 Å². The van der Waals surface area contributed by atoms with Crippen LogP contribution in [0, 0.1) is 11.3 Å². The third-order valence-corrected chi connectivity index (χ3v) is 2.43. The largest absolute Gasteiger partial charge is 0.506 e. The van der Waals surface area contributed by atoms with Gasteiger partial charge in [0.25, 0.3) is 0 Å². The highest BCUT2D eigenvalue weighted by molar-refractivity contribution is 5.95. The third kappa shape index (κ3) is 2.24. The Morgan fingerprint density at radius 1 is 1.53 bits per heavy atom. The highest BCUT2D eigenvalue weighted by atomic mass is 16.5. The van der Waals surface area contributed by atoms with E-state index in [0.29, 0.717) is 0 Å². The molecule has 0 bridgehead atoms. The highest BCUT2D eigenvalue weighted by Gasteiger charge is 2.22. The number of nitrogens with one attached hydrogen (secondary N) is 1. The summed E-state index contributed by atoms with van der Waals surface area (Å²) < 4.78 is 4.84. The van der Waals surface area contributed by atoms with Crippen LogP contribution in [-0.2, 0) is 4.74 Å². The standard InChI is InChI=1S/C12H10N4O3/c1-2-19-12(18)10-9(14-16-15-10)8-5-3-4-7(6-13)11(8)17/h3-5,17H,2H2,1H3,(H,14,15,16). The third-order valence-electron chi connectivity index (χ3n) is 2.43. The molecule has 0 saturated carbocycles. The molecule has 0 radical (unpaired) electrons. The van der Waals surface area contributed by atoms with Gasteiger partial charge in [0.05, 0.1) is 12.2 Å².